The topological polar surface area (TPSA) is 34.5 Å². The molecule has 4 nitrogen and oxygen atoms in total. The summed E-state index contributed by atoms with van der Waals surface area (Å²) < 4.78 is 21.4. The molecule has 5 rings (SSSR count). The van der Waals surface area contributed by atoms with E-state index in [9.17, 15) is 9.18 Å². The summed E-state index contributed by atoms with van der Waals surface area (Å²) in [6.07, 6.45) is 11.3. The molecule has 32 heavy (non-hydrogen) atoms. The number of carbonyl (C=O) groups is 1. The molecule has 3 aromatic rings. The second kappa shape index (κ2) is 8.91. The molecule has 2 heterocycles. The maximum atomic E-state index is 13.4. The first-order valence-electron chi connectivity index (χ1n) is 11.6. The molecule has 0 unspecified atom stereocenters. The molecule has 1 saturated carbocycles. The van der Waals surface area contributed by atoms with E-state index in [-0.39, 0.29) is 17.8 Å². The molecule has 0 saturated heterocycles. The number of hydrogen-bond acceptors (Lipinski definition) is 3. The highest BCUT2D eigenvalue weighted by molar-refractivity contribution is 6.05. The zero-order valence-corrected chi connectivity index (χ0v) is 18.5. The number of benzene rings is 2. The van der Waals surface area contributed by atoms with E-state index in [1.165, 1.54) is 37.0 Å². The Morgan fingerprint density at radius 1 is 1.06 bits per heavy atom. The fourth-order valence-electron chi connectivity index (χ4n) is 4.83. The number of halogens is 1. The Labute approximate surface area is 188 Å². The van der Waals surface area contributed by atoms with Gasteiger partial charge in [-0.15, -0.1) is 0 Å². The van der Waals surface area contributed by atoms with Crippen LogP contribution in [0.15, 0.2) is 54.7 Å². The minimum Gasteiger partial charge on any atom is -0.490 e. The second-order valence-electron chi connectivity index (χ2n) is 9.02. The number of likely N-dealkylation sites (N-methyl/N-ethyl adjacent to an activating group) is 1. The van der Waals surface area contributed by atoms with Crippen molar-refractivity contribution in [1.82, 2.24) is 9.47 Å². The van der Waals surface area contributed by atoms with Gasteiger partial charge < -0.3 is 9.64 Å². The van der Waals surface area contributed by atoms with Crippen LogP contribution in [0.2, 0.25) is 0 Å². The van der Waals surface area contributed by atoms with E-state index in [1.807, 2.05) is 18.3 Å². The summed E-state index contributed by atoms with van der Waals surface area (Å²) in [4.78, 5) is 15.6. The van der Waals surface area contributed by atoms with Crippen LogP contribution < -0.4 is 4.74 Å². The largest absolute Gasteiger partial charge is 0.490 e. The van der Waals surface area contributed by atoms with Crippen molar-refractivity contribution in [2.24, 2.45) is 0 Å². The van der Waals surface area contributed by atoms with Gasteiger partial charge in [-0.1, -0.05) is 12.5 Å². The molecule has 0 N–H and O–H groups in total. The zero-order valence-electron chi connectivity index (χ0n) is 18.5. The van der Waals surface area contributed by atoms with Crippen LogP contribution in [-0.4, -0.2) is 41.6 Å². The number of fused-ring (bicyclic) bond motifs is 1. The molecule has 2 aliphatic rings. The van der Waals surface area contributed by atoms with E-state index >= 15 is 0 Å². The summed E-state index contributed by atoms with van der Waals surface area (Å²) in [6, 6.07) is 11.8. The van der Waals surface area contributed by atoms with Gasteiger partial charge in [-0.2, -0.15) is 0 Å². The smallest absolute Gasteiger partial charge is 0.262 e. The maximum absolute atomic E-state index is 13.4. The molecule has 166 valence electrons. The number of carbonyl (C=O) groups excluding carboxylic acids is 1. The van der Waals surface area contributed by atoms with Gasteiger partial charge in [0.1, 0.15) is 11.6 Å². The molecule has 0 radical (unpaired) electrons. The van der Waals surface area contributed by atoms with Crippen molar-refractivity contribution < 1.29 is 13.9 Å². The van der Waals surface area contributed by atoms with Gasteiger partial charge in [-0.25, -0.2) is 4.39 Å². The van der Waals surface area contributed by atoms with Crippen LogP contribution in [0, 0.1) is 5.82 Å². The first-order valence-corrected chi connectivity index (χ1v) is 11.6. The van der Waals surface area contributed by atoms with E-state index in [2.05, 4.69) is 24.1 Å². The number of hydrogen-bond donors (Lipinski definition) is 0. The minimum absolute atomic E-state index is 0.157. The quantitative estimate of drug-likeness (QED) is 0.515. The van der Waals surface area contributed by atoms with Crippen LogP contribution >= 0.6 is 0 Å². The summed E-state index contributed by atoms with van der Waals surface area (Å²) in [5.41, 5.74) is 3.66. The average Bonchev–Trinajstić information content (AvgIpc) is 3.19. The van der Waals surface area contributed by atoms with Gasteiger partial charge in [-0.3, -0.25) is 9.36 Å². The van der Waals surface area contributed by atoms with E-state index in [1.54, 1.807) is 16.7 Å². The average molecular weight is 433 g/mol. The van der Waals surface area contributed by atoms with Crippen molar-refractivity contribution in [1.29, 1.82) is 0 Å². The van der Waals surface area contributed by atoms with Crippen molar-refractivity contribution in [2.75, 3.05) is 20.1 Å². The number of nitrogens with zero attached hydrogens (tertiary/aromatic N) is 2. The van der Waals surface area contributed by atoms with Gasteiger partial charge in [-0.05, 0) is 87.2 Å². The highest BCUT2D eigenvalue weighted by Gasteiger charge is 2.21. The molecule has 1 fully saturated rings. The Hall–Kier alpha value is -2.92. The lowest BCUT2D eigenvalue weighted by atomic mass is 9.97. The third kappa shape index (κ3) is 4.22. The fraction of sp³-hybridized carbons (Fsp3) is 0.370. The Balaban J connectivity index is 1.56. The van der Waals surface area contributed by atoms with Crippen LogP contribution in [0.25, 0.3) is 16.5 Å². The zero-order chi connectivity index (χ0) is 22.1. The maximum Gasteiger partial charge on any atom is 0.262 e. The van der Waals surface area contributed by atoms with E-state index in [4.69, 9.17) is 4.74 Å². The lowest BCUT2D eigenvalue weighted by molar-refractivity contribution is 0.0965. The Morgan fingerprint density at radius 3 is 2.56 bits per heavy atom. The lowest BCUT2D eigenvalue weighted by Gasteiger charge is -2.23. The monoisotopic (exact) mass is 432 g/mol. The minimum atomic E-state index is -0.347. The van der Waals surface area contributed by atoms with Gasteiger partial charge in [0, 0.05) is 35.8 Å². The van der Waals surface area contributed by atoms with Gasteiger partial charge in [0.05, 0.1) is 11.6 Å². The van der Waals surface area contributed by atoms with E-state index < -0.39 is 0 Å². The molecule has 2 aromatic carbocycles. The summed E-state index contributed by atoms with van der Waals surface area (Å²) in [6.45, 7) is 1.88. The molecule has 1 aliphatic heterocycles. The van der Waals surface area contributed by atoms with Crippen LogP contribution in [0.1, 0.15) is 54.4 Å². The van der Waals surface area contributed by atoms with Crippen LogP contribution in [-0.2, 0) is 0 Å². The number of ether oxygens (including phenoxy) is 1. The van der Waals surface area contributed by atoms with Crippen molar-refractivity contribution >= 4 is 22.4 Å². The molecule has 1 aliphatic carbocycles. The van der Waals surface area contributed by atoms with Crippen LogP contribution in [0.5, 0.6) is 5.75 Å². The van der Waals surface area contributed by atoms with Crippen molar-refractivity contribution in [3.05, 3.63) is 71.7 Å². The molecular weight excluding hydrogens is 403 g/mol. The molecule has 5 heteroatoms. The summed E-state index contributed by atoms with van der Waals surface area (Å²) in [5.74, 6) is 0.363. The third-order valence-electron chi connectivity index (χ3n) is 6.70. The molecule has 1 aromatic heterocycles. The molecule has 0 spiro atoms. The Morgan fingerprint density at radius 2 is 1.84 bits per heavy atom. The number of aromatic nitrogens is 1. The normalized spacial score (nSPS) is 18.0. The van der Waals surface area contributed by atoms with E-state index in [0.29, 0.717) is 5.56 Å². The molecule has 0 amide bonds. The van der Waals surface area contributed by atoms with Gasteiger partial charge in [0.25, 0.3) is 5.91 Å². The van der Waals surface area contributed by atoms with Crippen molar-refractivity contribution in [3.8, 4) is 5.75 Å². The van der Waals surface area contributed by atoms with Crippen LogP contribution in [0.3, 0.4) is 0 Å². The summed E-state index contributed by atoms with van der Waals surface area (Å²) in [5, 5.41) is 1.03. The fourth-order valence-corrected chi connectivity index (χ4v) is 4.83. The standard InChI is InChI=1S/C27H29FN2O2/c1-29-15-13-19(14-16-29)25-18-30(27(31)20-7-9-21(28)10-8-20)26-12-11-23(17-24(25)26)32-22-5-3-2-4-6-22/h7-13,17-18,22H,2-6,14-16H2,1H3. The number of rotatable bonds is 4. The molecule has 0 atom stereocenters. The van der Waals surface area contributed by atoms with Crippen molar-refractivity contribution in [2.45, 2.75) is 44.6 Å². The van der Waals surface area contributed by atoms with Gasteiger partial charge >= 0.3 is 0 Å². The Bertz CT molecular complexity index is 1160. The Kier molecular flexibility index (Phi) is 5.83. The summed E-state index contributed by atoms with van der Waals surface area (Å²) in [7, 11) is 2.12. The lowest BCUT2D eigenvalue weighted by Crippen LogP contribution is -2.23. The highest BCUT2D eigenvalue weighted by Crippen LogP contribution is 2.34. The van der Waals surface area contributed by atoms with Crippen molar-refractivity contribution in [3.63, 3.8) is 0 Å². The highest BCUT2D eigenvalue weighted by atomic mass is 19.1. The predicted octanol–water partition coefficient (Wildman–Crippen LogP) is 5.90. The van der Waals surface area contributed by atoms with Gasteiger partial charge in [0.2, 0.25) is 0 Å². The third-order valence-corrected chi connectivity index (χ3v) is 6.70. The summed E-state index contributed by atoms with van der Waals surface area (Å²) >= 11 is 0. The molecular formula is C27H29FN2O2. The SMILES string of the molecule is CN1CC=C(c2cn(C(=O)c3ccc(F)cc3)c3ccc(OC4CCCCC4)cc23)CC1. The second-order valence-corrected chi connectivity index (χ2v) is 9.02. The first kappa shape index (κ1) is 21.0. The predicted molar refractivity (Wildman–Crippen MR) is 126 cm³/mol. The van der Waals surface area contributed by atoms with Crippen LogP contribution in [0.4, 0.5) is 4.39 Å². The molecule has 0 bridgehead atoms. The van der Waals surface area contributed by atoms with Gasteiger partial charge in [0.15, 0.2) is 0 Å². The first-order chi connectivity index (χ1) is 15.6. The van der Waals surface area contributed by atoms with E-state index in [0.717, 1.165) is 54.6 Å².